The third-order valence-corrected chi connectivity index (χ3v) is 2.96. The fourth-order valence-electron chi connectivity index (χ4n) is 2.03. The minimum atomic E-state index is -0.395. The first-order valence-electron chi connectivity index (χ1n) is 5.76. The maximum absolute atomic E-state index is 13.1. The molecular weight excluding hydrogens is 235 g/mol. The van der Waals surface area contributed by atoms with Gasteiger partial charge in [0.2, 0.25) is 5.95 Å². The van der Waals surface area contributed by atoms with Gasteiger partial charge in [0.05, 0.1) is 6.20 Å². The van der Waals surface area contributed by atoms with Crippen LogP contribution in [0, 0.1) is 5.82 Å². The number of nitrogens with zero attached hydrogens (tertiary/aromatic N) is 4. The van der Waals surface area contributed by atoms with E-state index in [1.807, 2.05) is 4.90 Å². The Balaban J connectivity index is 1.85. The summed E-state index contributed by atoms with van der Waals surface area (Å²) in [7, 11) is 0. The average Bonchev–Trinajstić information content (AvgIpc) is 2.97. The number of nitrogens with two attached hydrogens (primary N) is 1. The Hall–Kier alpha value is -2.02. The molecule has 0 aromatic carbocycles. The Morgan fingerprint density at radius 3 is 3.06 bits per heavy atom. The van der Waals surface area contributed by atoms with Crippen LogP contribution in [0.1, 0.15) is 6.42 Å². The molecule has 6 nitrogen and oxygen atoms in total. The summed E-state index contributed by atoms with van der Waals surface area (Å²) < 4.78 is 13.1. The van der Waals surface area contributed by atoms with E-state index in [9.17, 15) is 4.39 Å². The normalized spacial score (nSPS) is 19.4. The van der Waals surface area contributed by atoms with Crippen LogP contribution >= 0.6 is 0 Å². The lowest BCUT2D eigenvalue weighted by Crippen LogP contribution is -2.26. The number of nitrogens with one attached hydrogen (secondary N) is 1. The number of H-pyrrole nitrogens is 1. The molecule has 7 heteroatoms. The van der Waals surface area contributed by atoms with Crippen LogP contribution in [-0.4, -0.2) is 39.3 Å². The summed E-state index contributed by atoms with van der Waals surface area (Å²) in [6.07, 6.45) is 3.63. The number of rotatable bonds is 2. The van der Waals surface area contributed by atoms with Gasteiger partial charge in [-0.15, -0.1) is 5.10 Å². The molecule has 1 atom stereocenters. The van der Waals surface area contributed by atoms with E-state index < -0.39 is 5.82 Å². The third kappa shape index (κ3) is 2.04. The van der Waals surface area contributed by atoms with E-state index in [0.717, 1.165) is 25.7 Å². The summed E-state index contributed by atoms with van der Waals surface area (Å²) >= 11 is 0. The van der Waals surface area contributed by atoms with Crippen LogP contribution < -0.4 is 10.6 Å². The van der Waals surface area contributed by atoms with Gasteiger partial charge in [0.15, 0.2) is 5.82 Å². The third-order valence-electron chi connectivity index (χ3n) is 2.96. The summed E-state index contributed by atoms with van der Waals surface area (Å²) in [5.74, 6) is 0.716. The Morgan fingerprint density at radius 2 is 2.33 bits per heavy atom. The van der Waals surface area contributed by atoms with E-state index in [4.69, 9.17) is 5.73 Å². The van der Waals surface area contributed by atoms with E-state index in [0.29, 0.717) is 17.3 Å². The van der Waals surface area contributed by atoms with Crippen molar-refractivity contribution in [3.8, 4) is 11.4 Å². The Morgan fingerprint density at radius 1 is 1.44 bits per heavy atom. The summed E-state index contributed by atoms with van der Waals surface area (Å²) in [6.45, 7) is 1.60. The average molecular weight is 248 g/mol. The summed E-state index contributed by atoms with van der Waals surface area (Å²) in [6, 6.07) is 1.54. The Kier molecular flexibility index (Phi) is 2.67. The number of pyridine rings is 1. The van der Waals surface area contributed by atoms with Crippen molar-refractivity contribution in [1.29, 1.82) is 0 Å². The topological polar surface area (TPSA) is 83.7 Å². The number of hydrogen-bond acceptors (Lipinski definition) is 5. The van der Waals surface area contributed by atoms with Crippen molar-refractivity contribution >= 4 is 5.95 Å². The SMILES string of the molecule is NC1CCN(c2n[nH]c(-c3cncc(F)c3)n2)C1. The second kappa shape index (κ2) is 4.34. The minimum Gasteiger partial charge on any atom is -0.338 e. The van der Waals surface area contributed by atoms with E-state index in [1.54, 1.807) is 6.20 Å². The predicted molar refractivity (Wildman–Crippen MR) is 64.4 cm³/mol. The van der Waals surface area contributed by atoms with Crippen LogP contribution in [0.3, 0.4) is 0 Å². The van der Waals surface area contributed by atoms with Crippen molar-refractivity contribution in [3.05, 3.63) is 24.3 Å². The van der Waals surface area contributed by atoms with Crippen LogP contribution in [-0.2, 0) is 0 Å². The first kappa shape index (κ1) is 11.1. The van der Waals surface area contributed by atoms with Crippen LogP contribution in [0.5, 0.6) is 0 Å². The molecule has 0 saturated carbocycles. The highest BCUT2D eigenvalue weighted by atomic mass is 19.1. The van der Waals surface area contributed by atoms with Crippen molar-refractivity contribution in [2.45, 2.75) is 12.5 Å². The molecule has 3 heterocycles. The molecular formula is C11H13FN6. The zero-order valence-corrected chi connectivity index (χ0v) is 9.67. The lowest BCUT2D eigenvalue weighted by atomic mass is 10.3. The highest BCUT2D eigenvalue weighted by Gasteiger charge is 2.22. The van der Waals surface area contributed by atoms with Crippen molar-refractivity contribution in [1.82, 2.24) is 20.2 Å². The largest absolute Gasteiger partial charge is 0.338 e. The fourth-order valence-corrected chi connectivity index (χ4v) is 2.03. The van der Waals surface area contributed by atoms with Crippen LogP contribution in [0.15, 0.2) is 18.5 Å². The van der Waals surface area contributed by atoms with E-state index in [1.165, 1.54) is 6.07 Å². The molecule has 1 aliphatic rings. The number of aromatic nitrogens is 4. The molecule has 94 valence electrons. The second-order valence-corrected chi connectivity index (χ2v) is 4.37. The van der Waals surface area contributed by atoms with Gasteiger partial charge in [-0.25, -0.2) is 4.39 Å². The molecule has 1 aliphatic heterocycles. The first-order chi connectivity index (χ1) is 8.72. The zero-order valence-electron chi connectivity index (χ0n) is 9.67. The number of hydrogen-bond donors (Lipinski definition) is 2. The van der Waals surface area contributed by atoms with E-state index in [-0.39, 0.29) is 6.04 Å². The van der Waals surface area contributed by atoms with Gasteiger partial charge >= 0.3 is 0 Å². The van der Waals surface area contributed by atoms with Gasteiger partial charge in [0.25, 0.3) is 0 Å². The standard InChI is InChI=1S/C11H13FN6/c12-8-3-7(4-14-5-8)10-15-11(17-16-10)18-2-1-9(13)6-18/h3-5,9H,1-2,6,13H2,(H,15,16,17). The van der Waals surface area contributed by atoms with Gasteiger partial charge in [0.1, 0.15) is 5.82 Å². The lowest BCUT2D eigenvalue weighted by molar-refractivity contribution is 0.622. The summed E-state index contributed by atoms with van der Waals surface area (Å²) in [4.78, 5) is 10.1. The Bertz CT molecular complexity index is 554. The van der Waals surface area contributed by atoms with Crippen molar-refractivity contribution in [2.75, 3.05) is 18.0 Å². The molecule has 1 fully saturated rings. The zero-order chi connectivity index (χ0) is 12.5. The maximum atomic E-state index is 13.1. The summed E-state index contributed by atoms with van der Waals surface area (Å²) in [5, 5.41) is 6.91. The molecule has 0 bridgehead atoms. The Labute approximate surface area is 103 Å². The van der Waals surface area contributed by atoms with Crippen LogP contribution in [0.2, 0.25) is 0 Å². The molecule has 0 radical (unpaired) electrons. The molecule has 1 unspecified atom stereocenters. The molecule has 0 aliphatic carbocycles. The highest BCUT2D eigenvalue weighted by Crippen LogP contribution is 2.19. The van der Waals surface area contributed by atoms with Gasteiger partial charge < -0.3 is 10.6 Å². The van der Waals surface area contributed by atoms with Crippen molar-refractivity contribution in [2.24, 2.45) is 5.73 Å². The molecule has 0 amide bonds. The van der Waals surface area contributed by atoms with E-state index in [2.05, 4.69) is 20.2 Å². The second-order valence-electron chi connectivity index (χ2n) is 4.37. The predicted octanol–water partition coefficient (Wildman–Crippen LogP) is 0.543. The number of aromatic amines is 1. The smallest absolute Gasteiger partial charge is 0.245 e. The van der Waals surface area contributed by atoms with Crippen LogP contribution in [0.25, 0.3) is 11.4 Å². The molecule has 18 heavy (non-hydrogen) atoms. The molecule has 0 spiro atoms. The van der Waals surface area contributed by atoms with Crippen molar-refractivity contribution in [3.63, 3.8) is 0 Å². The summed E-state index contributed by atoms with van der Waals surface area (Å²) in [5.41, 5.74) is 6.41. The number of anilines is 1. The highest BCUT2D eigenvalue weighted by molar-refractivity contribution is 5.55. The van der Waals surface area contributed by atoms with E-state index >= 15 is 0 Å². The van der Waals surface area contributed by atoms with Gasteiger partial charge in [-0.1, -0.05) is 0 Å². The van der Waals surface area contributed by atoms with Gasteiger partial charge in [-0.05, 0) is 12.5 Å². The van der Waals surface area contributed by atoms with Gasteiger partial charge in [-0.3, -0.25) is 10.1 Å². The fraction of sp³-hybridized carbons (Fsp3) is 0.364. The maximum Gasteiger partial charge on any atom is 0.245 e. The molecule has 3 rings (SSSR count). The lowest BCUT2D eigenvalue weighted by Gasteiger charge is -2.11. The number of halogens is 1. The first-order valence-corrected chi connectivity index (χ1v) is 5.76. The van der Waals surface area contributed by atoms with Crippen molar-refractivity contribution < 1.29 is 4.39 Å². The quantitative estimate of drug-likeness (QED) is 0.810. The molecule has 1 saturated heterocycles. The van der Waals surface area contributed by atoms with Crippen LogP contribution in [0.4, 0.5) is 10.3 Å². The monoisotopic (exact) mass is 248 g/mol. The molecule has 2 aromatic heterocycles. The van der Waals surface area contributed by atoms with Gasteiger partial charge in [-0.2, -0.15) is 4.98 Å². The molecule has 3 N–H and O–H groups in total. The molecule has 2 aromatic rings. The van der Waals surface area contributed by atoms with Gasteiger partial charge in [0, 0.05) is 30.9 Å². The minimum absolute atomic E-state index is 0.169.